The second-order valence-corrected chi connectivity index (χ2v) is 8.08. The van der Waals surface area contributed by atoms with Crippen molar-refractivity contribution in [2.24, 2.45) is 0 Å². The summed E-state index contributed by atoms with van der Waals surface area (Å²) in [5, 5.41) is 5.03. The number of ether oxygens (including phenoxy) is 1. The highest BCUT2D eigenvalue weighted by Gasteiger charge is 2.37. The lowest BCUT2D eigenvalue weighted by molar-refractivity contribution is -0.124. The van der Waals surface area contributed by atoms with Crippen LogP contribution in [0.3, 0.4) is 0 Å². The van der Waals surface area contributed by atoms with Gasteiger partial charge in [-0.2, -0.15) is 0 Å². The highest BCUT2D eigenvalue weighted by Crippen LogP contribution is 2.30. The zero-order valence-corrected chi connectivity index (χ0v) is 17.5. The van der Waals surface area contributed by atoms with Gasteiger partial charge in [0.1, 0.15) is 0 Å². The number of benzene rings is 2. The number of esters is 1. The highest BCUT2D eigenvalue weighted by molar-refractivity contribution is 7.09. The lowest BCUT2D eigenvalue weighted by Gasteiger charge is -2.13. The molecule has 1 aliphatic heterocycles. The maximum absolute atomic E-state index is 12.8. The lowest BCUT2D eigenvalue weighted by atomic mass is 10.1. The molecule has 3 amide bonds. The molecule has 3 aromatic rings. The summed E-state index contributed by atoms with van der Waals surface area (Å²) in [5.74, 6) is -2.25. The number of hydrogen-bond donors (Lipinski definition) is 1. The summed E-state index contributed by atoms with van der Waals surface area (Å²) in [7, 11) is 0. The molecule has 1 aromatic heterocycles. The summed E-state index contributed by atoms with van der Waals surface area (Å²) < 4.78 is 5.03. The predicted octanol–water partition coefficient (Wildman–Crippen LogP) is 3.68. The smallest absolute Gasteiger partial charge is 0.338 e. The van der Waals surface area contributed by atoms with Gasteiger partial charge in [-0.05, 0) is 53.9 Å². The molecule has 1 aliphatic rings. The number of carbonyl (C=O) groups is 4. The Bertz CT molecular complexity index is 1180. The van der Waals surface area contributed by atoms with E-state index in [9.17, 15) is 19.2 Å². The van der Waals surface area contributed by atoms with E-state index in [1.807, 2.05) is 17.5 Å². The number of imide groups is 1. The number of halogens is 1. The van der Waals surface area contributed by atoms with Gasteiger partial charge >= 0.3 is 5.97 Å². The molecule has 2 aromatic carbocycles. The number of thiophene rings is 1. The molecule has 0 bridgehead atoms. The lowest BCUT2D eigenvalue weighted by Crippen LogP contribution is -2.29. The number of carbonyl (C=O) groups excluding carboxylic acids is 4. The van der Waals surface area contributed by atoms with Crippen molar-refractivity contribution in [3.63, 3.8) is 0 Å². The van der Waals surface area contributed by atoms with Gasteiger partial charge in [0.25, 0.3) is 17.7 Å². The van der Waals surface area contributed by atoms with Crippen LogP contribution in [0.2, 0.25) is 5.02 Å². The third-order valence-electron chi connectivity index (χ3n) is 4.58. The van der Waals surface area contributed by atoms with Crippen molar-refractivity contribution in [1.82, 2.24) is 5.32 Å². The van der Waals surface area contributed by atoms with Gasteiger partial charge in [-0.15, -0.1) is 11.3 Å². The second kappa shape index (κ2) is 8.71. The number of amides is 3. The minimum absolute atomic E-state index is 0.0731. The summed E-state index contributed by atoms with van der Waals surface area (Å²) in [6.45, 7) is -0.102. The van der Waals surface area contributed by atoms with Gasteiger partial charge in [0.2, 0.25) is 0 Å². The van der Waals surface area contributed by atoms with E-state index in [0.29, 0.717) is 17.3 Å². The maximum atomic E-state index is 12.8. The Labute approximate surface area is 186 Å². The van der Waals surface area contributed by atoms with Gasteiger partial charge in [-0.1, -0.05) is 17.7 Å². The summed E-state index contributed by atoms with van der Waals surface area (Å²) >= 11 is 7.37. The van der Waals surface area contributed by atoms with E-state index in [1.54, 1.807) is 24.3 Å². The fraction of sp³-hybridized carbons (Fsp3) is 0.0909. The zero-order chi connectivity index (χ0) is 22.0. The Morgan fingerprint density at radius 2 is 1.74 bits per heavy atom. The number of hydrogen-bond acceptors (Lipinski definition) is 6. The van der Waals surface area contributed by atoms with Crippen LogP contribution in [0, 0.1) is 0 Å². The van der Waals surface area contributed by atoms with Crippen LogP contribution in [-0.4, -0.2) is 30.3 Å². The Balaban J connectivity index is 1.42. The largest absolute Gasteiger partial charge is 0.452 e. The molecule has 0 aliphatic carbocycles. The summed E-state index contributed by atoms with van der Waals surface area (Å²) in [6, 6.07) is 14.1. The van der Waals surface area contributed by atoms with Crippen molar-refractivity contribution in [1.29, 1.82) is 0 Å². The number of fused-ring (bicyclic) bond motifs is 1. The van der Waals surface area contributed by atoms with Crippen LogP contribution >= 0.6 is 22.9 Å². The summed E-state index contributed by atoms with van der Waals surface area (Å²) in [4.78, 5) is 51.7. The van der Waals surface area contributed by atoms with E-state index >= 15 is 0 Å². The van der Waals surface area contributed by atoms with Crippen LogP contribution < -0.4 is 10.2 Å². The van der Waals surface area contributed by atoms with Crippen LogP contribution in [0.5, 0.6) is 0 Å². The van der Waals surface area contributed by atoms with Gasteiger partial charge < -0.3 is 10.1 Å². The summed E-state index contributed by atoms with van der Waals surface area (Å²) in [6.07, 6.45) is 0. The predicted molar refractivity (Wildman–Crippen MR) is 115 cm³/mol. The zero-order valence-electron chi connectivity index (χ0n) is 16.0. The topological polar surface area (TPSA) is 92.8 Å². The quantitative estimate of drug-likeness (QED) is 0.453. The van der Waals surface area contributed by atoms with E-state index in [2.05, 4.69) is 5.32 Å². The minimum Gasteiger partial charge on any atom is -0.452 e. The van der Waals surface area contributed by atoms with E-state index in [0.717, 1.165) is 9.78 Å². The van der Waals surface area contributed by atoms with Crippen molar-refractivity contribution in [3.05, 3.63) is 86.6 Å². The first-order valence-corrected chi connectivity index (χ1v) is 10.4. The van der Waals surface area contributed by atoms with Crippen LogP contribution in [0.15, 0.2) is 60.0 Å². The molecule has 9 heteroatoms. The molecule has 0 atom stereocenters. The monoisotopic (exact) mass is 454 g/mol. The van der Waals surface area contributed by atoms with E-state index in [-0.39, 0.29) is 16.7 Å². The Kier molecular flexibility index (Phi) is 5.83. The normalized spacial score (nSPS) is 12.6. The van der Waals surface area contributed by atoms with Gasteiger partial charge in [0, 0.05) is 9.90 Å². The average molecular weight is 455 g/mol. The van der Waals surface area contributed by atoms with Crippen molar-refractivity contribution in [3.8, 4) is 0 Å². The molecule has 0 spiro atoms. The third kappa shape index (κ3) is 4.35. The van der Waals surface area contributed by atoms with E-state index < -0.39 is 30.3 Å². The molecule has 2 heterocycles. The molecule has 0 fully saturated rings. The highest BCUT2D eigenvalue weighted by atomic mass is 35.5. The van der Waals surface area contributed by atoms with Gasteiger partial charge in [0.05, 0.1) is 28.9 Å². The molecule has 1 N–H and O–H groups in total. The van der Waals surface area contributed by atoms with Crippen molar-refractivity contribution in [2.45, 2.75) is 6.54 Å². The van der Waals surface area contributed by atoms with Gasteiger partial charge in [-0.25, -0.2) is 9.69 Å². The third-order valence-corrected chi connectivity index (χ3v) is 5.71. The second-order valence-electron chi connectivity index (χ2n) is 6.61. The molecule has 31 heavy (non-hydrogen) atoms. The molecule has 156 valence electrons. The molecule has 0 radical (unpaired) electrons. The Morgan fingerprint density at radius 1 is 1.00 bits per heavy atom. The molecular formula is C22H15ClN2O5S. The van der Waals surface area contributed by atoms with E-state index in [4.69, 9.17) is 16.3 Å². The summed E-state index contributed by atoms with van der Waals surface area (Å²) in [5.41, 5.74) is 0.729. The van der Waals surface area contributed by atoms with Crippen LogP contribution in [0.4, 0.5) is 5.69 Å². The average Bonchev–Trinajstić information content (AvgIpc) is 3.38. The number of nitrogens with zero attached hydrogens (tertiary/aromatic N) is 1. The Hall–Kier alpha value is -3.49. The first-order valence-electron chi connectivity index (χ1n) is 9.18. The number of nitrogens with one attached hydrogen (secondary N) is 1. The molecule has 0 unspecified atom stereocenters. The van der Waals surface area contributed by atoms with Crippen molar-refractivity contribution >= 4 is 52.3 Å². The van der Waals surface area contributed by atoms with Crippen LogP contribution in [-0.2, 0) is 16.1 Å². The fourth-order valence-corrected chi connectivity index (χ4v) is 3.83. The first-order chi connectivity index (χ1) is 14.9. The van der Waals surface area contributed by atoms with Crippen LogP contribution in [0.25, 0.3) is 0 Å². The maximum Gasteiger partial charge on any atom is 0.338 e. The van der Waals surface area contributed by atoms with Crippen molar-refractivity contribution < 1.29 is 23.9 Å². The van der Waals surface area contributed by atoms with Crippen molar-refractivity contribution in [2.75, 3.05) is 11.5 Å². The van der Waals surface area contributed by atoms with Gasteiger partial charge in [-0.3, -0.25) is 14.4 Å². The standard InChI is InChI=1S/C22H15ClN2O5S/c23-14-4-6-15(7-5-14)25-20(27)17-8-3-13(10-18(17)21(25)28)22(29)30-12-19(26)24-11-16-2-1-9-31-16/h1-10H,11-12H2,(H,24,26). The van der Waals surface area contributed by atoms with Gasteiger partial charge in [0.15, 0.2) is 6.61 Å². The molecule has 0 saturated carbocycles. The number of anilines is 1. The first kappa shape index (κ1) is 20.8. The molecule has 7 nitrogen and oxygen atoms in total. The Morgan fingerprint density at radius 3 is 2.45 bits per heavy atom. The molecule has 0 saturated heterocycles. The minimum atomic E-state index is -0.765. The molecular weight excluding hydrogens is 440 g/mol. The fourth-order valence-electron chi connectivity index (χ4n) is 3.06. The SMILES string of the molecule is O=C(COC(=O)c1ccc2c(c1)C(=O)N(c1ccc(Cl)cc1)C2=O)NCc1cccs1. The number of rotatable bonds is 6. The van der Waals surface area contributed by atoms with E-state index in [1.165, 1.54) is 29.5 Å². The molecule has 4 rings (SSSR count). The van der Waals surface area contributed by atoms with Crippen LogP contribution in [0.1, 0.15) is 36.0 Å².